The summed E-state index contributed by atoms with van der Waals surface area (Å²) in [5, 5.41) is 11.9. The highest BCUT2D eigenvalue weighted by Crippen LogP contribution is 2.31. The fourth-order valence-corrected chi connectivity index (χ4v) is 3.76. The Kier molecular flexibility index (Phi) is 4.41. The number of hydrogen-bond donors (Lipinski definition) is 1. The number of pyridine rings is 1. The number of rotatable bonds is 3. The van der Waals surface area contributed by atoms with Gasteiger partial charge in [0, 0.05) is 22.2 Å². The SMILES string of the molecule is Cc1[nH]c(=O)c(C#N)cc1-c1csc(-c2ccc(-c3ccccc3)cc2)n1. The first kappa shape index (κ1) is 17.0. The summed E-state index contributed by atoms with van der Waals surface area (Å²) in [5.41, 5.74) is 5.33. The number of nitriles is 1. The third kappa shape index (κ3) is 3.31. The van der Waals surface area contributed by atoms with Crippen molar-refractivity contribution in [2.45, 2.75) is 6.92 Å². The molecule has 0 bridgehead atoms. The minimum Gasteiger partial charge on any atom is -0.325 e. The van der Waals surface area contributed by atoms with E-state index >= 15 is 0 Å². The summed E-state index contributed by atoms with van der Waals surface area (Å²) in [6.07, 6.45) is 0. The van der Waals surface area contributed by atoms with Crippen LogP contribution in [-0.4, -0.2) is 9.97 Å². The van der Waals surface area contributed by atoms with Gasteiger partial charge < -0.3 is 4.98 Å². The van der Waals surface area contributed by atoms with Crippen LogP contribution in [0.25, 0.3) is 33.0 Å². The van der Waals surface area contributed by atoms with Crippen LogP contribution in [0.1, 0.15) is 11.3 Å². The third-order valence-electron chi connectivity index (χ3n) is 4.38. The van der Waals surface area contributed by atoms with Gasteiger partial charge in [-0.05, 0) is 24.1 Å². The second kappa shape index (κ2) is 7.02. The molecule has 1 N–H and O–H groups in total. The van der Waals surface area contributed by atoms with Crippen LogP contribution in [0.5, 0.6) is 0 Å². The summed E-state index contributed by atoms with van der Waals surface area (Å²) in [7, 11) is 0. The number of nitrogens with one attached hydrogen (secondary N) is 1. The second-order valence-corrected chi connectivity index (χ2v) is 7.00. The molecule has 0 spiro atoms. The Morgan fingerprint density at radius 3 is 2.37 bits per heavy atom. The quantitative estimate of drug-likeness (QED) is 0.552. The predicted molar refractivity (Wildman–Crippen MR) is 108 cm³/mol. The van der Waals surface area contributed by atoms with Crippen LogP contribution in [0.3, 0.4) is 0 Å². The molecule has 0 aliphatic rings. The van der Waals surface area contributed by atoms with Crippen molar-refractivity contribution in [3.63, 3.8) is 0 Å². The number of aryl methyl sites for hydroxylation is 1. The van der Waals surface area contributed by atoms with Crippen molar-refractivity contribution in [2.24, 2.45) is 0 Å². The Morgan fingerprint density at radius 1 is 1.00 bits per heavy atom. The van der Waals surface area contributed by atoms with Crippen LogP contribution in [0.2, 0.25) is 0 Å². The van der Waals surface area contributed by atoms with Crippen LogP contribution < -0.4 is 5.56 Å². The molecular formula is C22H15N3OS. The van der Waals surface area contributed by atoms with E-state index in [1.165, 1.54) is 16.9 Å². The van der Waals surface area contributed by atoms with Crippen LogP contribution in [0.4, 0.5) is 0 Å². The molecule has 4 nitrogen and oxygen atoms in total. The summed E-state index contributed by atoms with van der Waals surface area (Å²) in [6, 6.07) is 22.1. The van der Waals surface area contributed by atoms with E-state index in [9.17, 15) is 4.79 Å². The minimum atomic E-state index is -0.370. The van der Waals surface area contributed by atoms with Crippen molar-refractivity contribution in [1.29, 1.82) is 5.26 Å². The molecule has 0 atom stereocenters. The molecule has 4 aromatic rings. The maximum absolute atomic E-state index is 11.7. The molecule has 4 rings (SSSR count). The Morgan fingerprint density at radius 2 is 1.67 bits per heavy atom. The molecule has 130 valence electrons. The van der Waals surface area contributed by atoms with Gasteiger partial charge in [-0.15, -0.1) is 11.3 Å². The lowest BCUT2D eigenvalue weighted by atomic mass is 10.0. The molecule has 0 unspecified atom stereocenters. The Hall–Kier alpha value is -3.49. The van der Waals surface area contributed by atoms with E-state index in [0.29, 0.717) is 5.69 Å². The molecule has 0 saturated heterocycles. The molecule has 5 heteroatoms. The average Bonchev–Trinajstić information content (AvgIpc) is 3.19. The first-order chi connectivity index (χ1) is 13.2. The van der Waals surface area contributed by atoms with Gasteiger partial charge in [-0.1, -0.05) is 54.6 Å². The molecule has 0 radical (unpaired) electrons. The number of H-pyrrole nitrogens is 1. The molecular weight excluding hydrogens is 354 g/mol. The number of aromatic nitrogens is 2. The lowest BCUT2D eigenvalue weighted by Crippen LogP contribution is -2.11. The Balaban J connectivity index is 1.68. The summed E-state index contributed by atoms with van der Waals surface area (Å²) >= 11 is 1.54. The van der Waals surface area contributed by atoms with E-state index in [-0.39, 0.29) is 11.1 Å². The van der Waals surface area contributed by atoms with Crippen molar-refractivity contribution in [2.75, 3.05) is 0 Å². The van der Waals surface area contributed by atoms with Crippen LogP contribution in [0.15, 0.2) is 70.8 Å². The van der Waals surface area contributed by atoms with Gasteiger partial charge >= 0.3 is 0 Å². The Labute approximate surface area is 160 Å². The highest BCUT2D eigenvalue weighted by Gasteiger charge is 2.12. The largest absolute Gasteiger partial charge is 0.325 e. The van der Waals surface area contributed by atoms with Gasteiger partial charge in [-0.3, -0.25) is 4.79 Å². The topological polar surface area (TPSA) is 69.5 Å². The van der Waals surface area contributed by atoms with Crippen molar-refractivity contribution in [1.82, 2.24) is 9.97 Å². The standard InChI is InChI=1S/C22H15N3OS/c1-14-19(11-18(12-23)21(26)24-14)20-13-27-22(25-20)17-9-7-16(8-10-17)15-5-3-2-4-6-15/h2-11,13H,1H3,(H,24,26). The number of aromatic amines is 1. The van der Waals surface area contributed by atoms with Crippen molar-refractivity contribution < 1.29 is 0 Å². The van der Waals surface area contributed by atoms with E-state index in [2.05, 4.69) is 41.4 Å². The molecule has 0 fully saturated rings. The molecule has 0 aliphatic heterocycles. The van der Waals surface area contributed by atoms with E-state index in [1.807, 2.05) is 36.6 Å². The number of thiazole rings is 1. The molecule has 0 saturated carbocycles. The van der Waals surface area contributed by atoms with E-state index in [4.69, 9.17) is 10.2 Å². The predicted octanol–water partition coefficient (Wildman–Crippen LogP) is 5.01. The smallest absolute Gasteiger partial charge is 0.266 e. The van der Waals surface area contributed by atoms with Crippen LogP contribution in [0, 0.1) is 18.3 Å². The second-order valence-electron chi connectivity index (χ2n) is 6.14. The first-order valence-corrected chi connectivity index (χ1v) is 9.29. The zero-order valence-corrected chi connectivity index (χ0v) is 15.4. The van der Waals surface area contributed by atoms with E-state index in [0.717, 1.165) is 27.4 Å². The molecule has 2 aromatic heterocycles. The fraction of sp³-hybridized carbons (Fsp3) is 0.0455. The van der Waals surface area contributed by atoms with Gasteiger partial charge in [-0.25, -0.2) is 4.98 Å². The number of benzene rings is 2. The van der Waals surface area contributed by atoms with Crippen LogP contribution >= 0.6 is 11.3 Å². The first-order valence-electron chi connectivity index (χ1n) is 8.41. The van der Waals surface area contributed by atoms with Gasteiger partial charge in [0.25, 0.3) is 5.56 Å². The molecule has 0 amide bonds. The van der Waals surface area contributed by atoms with E-state index < -0.39 is 0 Å². The van der Waals surface area contributed by atoms with Gasteiger partial charge in [0.15, 0.2) is 0 Å². The van der Waals surface area contributed by atoms with Gasteiger partial charge in [0.1, 0.15) is 16.6 Å². The van der Waals surface area contributed by atoms with Crippen molar-refractivity contribution in [3.05, 3.63) is 87.7 Å². The van der Waals surface area contributed by atoms with Crippen molar-refractivity contribution in [3.8, 4) is 39.0 Å². The highest BCUT2D eigenvalue weighted by molar-refractivity contribution is 7.13. The Bertz CT molecular complexity index is 1200. The lowest BCUT2D eigenvalue weighted by Gasteiger charge is -2.04. The number of nitrogens with zero attached hydrogens (tertiary/aromatic N) is 2. The van der Waals surface area contributed by atoms with Gasteiger partial charge in [0.05, 0.1) is 5.69 Å². The summed E-state index contributed by atoms with van der Waals surface area (Å²) in [6.45, 7) is 1.81. The average molecular weight is 369 g/mol. The van der Waals surface area contributed by atoms with Crippen LogP contribution in [-0.2, 0) is 0 Å². The maximum atomic E-state index is 11.7. The normalized spacial score (nSPS) is 10.5. The van der Waals surface area contributed by atoms with Gasteiger partial charge in [-0.2, -0.15) is 5.26 Å². The third-order valence-corrected chi connectivity index (χ3v) is 5.27. The summed E-state index contributed by atoms with van der Waals surface area (Å²) in [5.74, 6) is 0. The lowest BCUT2D eigenvalue weighted by molar-refractivity contribution is 1.13. The fourth-order valence-electron chi connectivity index (χ4n) is 2.94. The minimum absolute atomic E-state index is 0.0948. The monoisotopic (exact) mass is 369 g/mol. The number of hydrogen-bond acceptors (Lipinski definition) is 4. The van der Waals surface area contributed by atoms with E-state index in [1.54, 1.807) is 6.07 Å². The summed E-state index contributed by atoms with van der Waals surface area (Å²) < 4.78 is 0. The molecule has 27 heavy (non-hydrogen) atoms. The van der Waals surface area contributed by atoms with Crippen molar-refractivity contribution >= 4 is 11.3 Å². The molecule has 2 aromatic carbocycles. The molecule has 2 heterocycles. The van der Waals surface area contributed by atoms with Gasteiger partial charge in [0.2, 0.25) is 0 Å². The zero-order chi connectivity index (χ0) is 18.8. The maximum Gasteiger partial charge on any atom is 0.266 e. The summed E-state index contributed by atoms with van der Waals surface area (Å²) in [4.78, 5) is 19.2. The molecule has 0 aliphatic carbocycles. The highest BCUT2D eigenvalue weighted by atomic mass is 32.1. The zero-order valence-electron chi connectivity index (χ0n) is 14.6.